The number of Topliss-reactive ketones (excluding diaryl/α,β-unsaturated/α-hetero) is 1. The first-order valence-corrected chi connectivity index (χ1v) is 13.2. The molecule has 3 atom stereocenters. The molecule has 6 nitrogen and oxygen atoms in total. The molecular weight excluding hydrogens is 436 g/mol. The van der Waals surface area contributed by atoms with Crippen molar-refractivity contribution in [3.05, 3.63) is 65.2 Å². The van der Waals surface area contributed by atoms with Crippen molar-refractivity contribution in [3.8, 4) is 5.75 Å². The predicted molar refractivity (Wildman–Crippen MR) is 132 cm³/mol. The smallest absolute Gasteiger partial charge is 0.208 e. The summed E-state index contributed by atoms with van der Waals surface area (Å²) in [6, 6.07) is 15.8. The number of ketones is 1. The molecule has 0 saturated carbocycles. The maximum Gasteiger partial charge on any atom is 0.208 e. The molecule has 1 aliphatic rings. The van der Waals surface area contributed by atoms with E-state index in [1.807, 2.05) is 36.2 Å². The van der Waals surface area contributed by atoms with E-state index in [0.29, 0.717) is 6.42 Å². The van der Waals surface area contributed by atoms with Crippen LogP contribution >= 0.6 is 0 Å². The third-order valence-electron chi connectivity index (χ3n) is 6.57. The molecule has 7 heteroatoms. The third kappa shape index (κ3) is 6.22. The Morgan fingerprint density at radius 2 is 1.64 bits per heavy atom. The molecule has 33 heavy (non-hydrogen) atoms. The van der Waals surface area contributed by atoms with Crippen molar-refractivity contribution in [2.75, 3.05) is 27.0 Å². The van der Waals surface area contributed by atoms with Crippen LogP contribution in [0.25, 0.3) is 0 Å². The van der Waals surface area contributed by atoms with Gasteiger partial charge < -0.3 is 4.74 Å². The minimum atomic E-state index is -3.38. The summed E-state index contributed by atoms with van der Waals surface area (Å²) in [7, 11) is 0.177. The molecule has 0 spiro atoms. The van der Waals surface area contributed by atoms with Crippen molar-refractivity contribution in [2.24, 2.45) is 5.92 Å². The van der Waals surface area contributed by atoms with E-state index in [9.17, 15) is 13.2 Å². The molecule has 1 fully saturated rings. The minimum Gasteiger partial charge on any atom is -0.497 e. The maximum absolute atomic E-state index is 13.5. The first-order valence-electron chi connectivity index (χ1n) is 11.3. The van der Waals surface area contributed by atoms with E-state index < -0.39 is 16.1 Å². The number of nitrogens with one attached hydrogen (secondary N) is 1. The van der Waals surface area contributed by atoms with E-state index in [-0.39, 0.29) is 29.7 Å². The summed E-state index contributed by atoms with van der Waals surface area (Å²) in [5.41, 5.74) is 3.51. The Morgan fingerprint density at radius 1 is 1.03 bits per heavy atom. The Balaban J connectivity index is 1.87. The fraction of sp³-hybridized carbons (Fsp3) is 0.500. The number of sulfonamides is 1. The maximum atomic E-state index is 13.5. The molecule has 0 radical (unpaired) electrons. The molecular formula is C26H36N2O4S. The number of nitrogens with zero attached hydrogens (tertiary/aromatic N) is 1. The number of benzene rings is 2. The zero-order valence-electron chi connectivity index (χ0n) is 20.5. The summed E-state index contributed by atoms with van der Waals surface area (Å²) < 4.78 is 31.1. The van der Waals surface area contributed by atoms with Crippen LogP contribution in [-0.4, -0.2) is 52.1 Å². The molecule has 1 N–H and O–H groups in total. The Hall–Kier alpha value is -2.22. The molecule has 1 aliphatic heterocycles. The second kappa shape index (κ2) is 9.95. The number of carbonyl (C=O) groups excluding carboxylic acids is 1. The van der Waals surface area contributed by atoms with Gasteiger partial charge in [0, 0.05) is 18.5 Å². The molecule has 2 aromatic rings. The number of ether oxygens (including phenoxy) is 1. The van der Waals surface area contributed by atoms with Crippen LogP contribution in [0, 0.1) is 5.92 Å². The van der Waals surface area contributed by atoms with Gasteiger partial charge in [-0.3, -0.25) is 9.69 Å². The highest BCUT2D eigenvalue weighted by Crippen LogP contribution is 2.40. The Bertz CT molecular complexity index is 1060. The third-order valence-corrected chi connectivity index (χ3v) is 7.26. The molecule has 0 aromatic heterocycles. The highest BCUT2D eigenvalue weighted by molar-refractivity contribution is 7.88. The SMILES string of the molecule is COc1ccc(CCC2C(=O)[C@H](CNS(C)(=O)=O)N(C)[C@@H]2c2ccc(C(C)(C)C)cc2)cc1. The number of likely N-dealkylation sites (tertiary alicyclic amines) is 1. The van der Waals surface area contributed by atoms with Crippen molar-refractivity contribution in [2.45, 2.75) is 51.1 Å². The zero-order valence-corrected chi connectivity index (χ0v) is 21.3. The molecule has 180 valence electrons. The lowest BCUT2D eigenvalue weighted by Gasteiger charge is -2.28. The number of carbonyl (C=O) groups is 1. The second-order valence-electron chi connectivity index (χ2n) is 10.0. The van der Waals surface area contributed by atoms with Gasteiger partial charge >= 0.3 is 0 Å². The van der Waals surface area contributed by atoms with Gasteiger partial charge in [-0.25, -0.2) is 13.1 Å². The van der Waals surface area contributed by atoms with Crippen molar-refractivity contribution in [1.82, 2.24) is 9.62 Å². The molecule has 2 aromatic carbocycles. The second-order valence-corrected chi connectivity index (χ2v) is 11.8. The van der Waals surface area contributed by atoms with Gasteiger partial charge in [-0.05, 0) is 54.1 Å². The van der Waals surface area contributed by atoms with Crippen molar-refractivity contribution in [1.29, 1.82) is 0 Å². The molecule has 3 rings (SSSR count). The summed E-state index contributed by atoms with van der Waals surface area (Å²) in [5, 5.41) is 0. The first kappa shape index (κ1) is 25.4. The monoisotopic (exact) mass is 472 g/mol. The largest absolute Gasteiger partial charge is 0.497 e. The van der Waals surface area contributed by atoms with E-state index in [0.717, 1.165) is 29.6 Å². The van der Waals surface area contributed by atoms with Gasteiger partial charge in [-0.2, -0.15) is 0 Å². The minimum absolute atomic E-state index is 0.0473. The fourth-order valence-corrected chi connectivity index (χ4v) is 5.08. The lowest BCUT2D eigenvalue weighted by atomic mass is 9.84. The average Bonchev–Trinajstić information content (AvgIpc) is 2.99. The van der Waals surface area contributed by atoms with Crippen molar-refractivity contribution < 1.29 is 17.9 Å². The number of methoxy groups -OCH3 is 1. The van der Waals surface area contributed by atoms with E-state index in [1.165, 1.54) is 5.56 Å². The number of likely N-dealkylation sites (N-methyl/N-ethyl adjacent to an activating group) is 1. The van der Waals surface area contributed by atoms with Gasteiger partial charge in [0.1, 0.15) is 5.75 Å². The summed E-state index contributed by atoms with van der Waals surface area (Å²) in [6.07, 6.45) is 2.57. The van der Waals surface area contributed by atoms with E-state index in [4.69, 9.17) is 4.74 Å². The van der Waals surface area contributed by atoms with Crippen LogP contribution in [0.2, 0.25) is 0 Å². The van der Waals surface area contributed by atoms with Crippen LogP contribution in [0.1, 0.15) is 49.9 Å². The van der Waals surface area contributed by atoms with Crippen LogP contribution in [0.3, 0.4) is 0 Å². The quantitative estimate of drug-likeness (QED) is 0.634. The molecule has 1 unspecified atom stereocenters. The molecule has 1 heterocycles. The van der Waals surface area contributed by atoms with Gasteiger partial charge in [0.05, 0.1) is 19.4 Å². The topological polar surface area (TPSA) is 75.7 Å². The normalized spacial score (nSPS) is 22.0. The zero-order chi connectivity index (χ0) is 24.4. The highest BCUT2D eigenvalue weighted by Gasteiger charge is 2.46. The summed E-state index contributed by atoms with van der Waals surface area (Å²) in [6.45, 7) is 6.62. The number of hydrogen-bond acceptors (Lipinski definition) is 5. The summed E-state index contributed by atoms with van der Waals surface area (Å²) >= 11 is 0. The van der Waals surface area contributed by atoms with Crippen molar-refractivity contribution >= 4 is 15.8 Å². The summed E-state index contributed by atoms with van der Waals surface area (Å²) in [5.74, 6) is 0.676. The van der Waals surface area contributed by atoms with Crippen LogP contribution < -0.4 is 9.46 Å². The van der Waals surface area contributed by atoms with E-state index in [1.54, 1.807) is 7.11 Å². The molecule has 0 aliphatic carbocycles. The highest BCUT2D eigenvalue weighted by atomic mass is 32.2. The van der Waals surface area contributed by atoms with Crippen LogP contribution in [-0.2, 0) is 26.7 Å². The Kier molecular flexibility index (Phi) is 7.66. The summed E-state index contributed by atoms with van der Waals surface area (Å²) in [4.78, 5) is 15.5. The van der Waals surface area contributed by atoms with Crippen LogP contribution in [0.4, 0.5) is 0 Å². The van der Waals surface area contributed by atoms with E-state index in [2.05, 4.69) is 49.8 Å². The Morgan fingerprint density at radius 3 is 2.15 bits per heavy atom. The van der Waals surface area contributed by atoms with Gasteiger partial charge in [0.15, 0.2) is 5.78 Å². The van der Waals surface area contributed by atoms with Crippen molar-refractivity contribution in [3.63, 3.8) is 0 Å². The number of rotatable bonds is 8. The van der Waals surface area contributed by atoms with Gasteiger partial charge in [0.2, 0.25) is 10.0 Å². The van der Waals surface area contributed by atoms with Gasteiger partial charge in [-0.1, -0.05) is 57.2 Å². The first-order chi connectivity index (χ1) is 15.4. The number of aryl methyl sites for hydroxylation is 1. The standard InChI is InChI=1S/C26H36N2O4S/c1-26(2,3)20-12-10-19(11-13-20)24-22(16-9-18-7-14-21(32-5)15-8-18)25(29)23(28(24)4)17-27-33(6,30)31/h7-8,10-15,22-24,27H,9,16-17H2,1-6H3/t22?,23-,24+/m0/s1. The lowest BCUT2D eigenvalue weighted by Crippen LogP contribution is -2.41. The number of hydrogen-bond donors (Lipinski definition) is 1. The lowest BCUT2D eigenvalue weighted by molar-refractivity contribution is -0.122. The molecule has 0 bridgehead atoms. The van der Waals surface area contributed by atoms with Gasteiger partial charge in [0.25, 0.3) is 0 Å². The average molecular weight is 473 g/mol. The van der Waals surface area contributed by atoms with Crippen LogP contribution in [0.5, 0.6) is 5.75 Å². The fourth-order valence-electron chi connectivity index (χ4n) is 4.62. The van der Waals surface area contributed by atoms with E-state index >= 15 is 0 Å². The predicted octanol–water partition coefficient (Wildman–Crippen LogP) is 3.72. The van der Waals surface area contributed by atoms with Crippen LogP contribution in [0.15, 0.2) is 48.5 Å². The Labute approximate surface area is 198 Å². The molecule has 1 saturated heterocycles. The molecule has 0 amide bonds. The van der Waals surface area contributed by atoms with Gasteiger partial charge in [-0.15, -0.1) is 0 Å².